The first-order valence-corrected chi connectivity index (χ1v) is 13.9. The molecule has 5 aromatic carbocycles. The predicted molar refractivity (Wildman–Crippen MR) is 144 cm³/mol. The molecule has 0 radical (unpaired) electrons. The lowest BCUT2D eigenvalue weighted by Gasteiger charge is -2.27. The van der Waals surface area contributed by atoms with E-state index < -0.39 is 21.8 Å². The predicted octanol–water partition coefficient (Wildman–Crippen LogP) is 2.80. The molecule has 2 amide bonds. The van der Waals surface area contributed by atoms with Crippen LogP contribution in [0.1, 0.15) is 20.7 Å². The summed E-state index contributed by atoms with van der Waals surface area (Å²) < 4.78 is 29.7. The first-order valence-electron chi connectivity index (χ1n) is 12.4. The standard InChI is InChI=1S/C28H24N4O4S/c33-27-21-6-4-18-16-2-1-3-20-23(37(35,36)30-12-15-32-13-10-29-11-14-32)9-8-17(24(16)20)19-5-7-22(28(34)31-27)26(21)25(18)19/h1-9,29-30H,10-15H2,(H,31,33,34). The van der Waals surface area contributed by atoms with Crippen LogP contribution in [0.2, 0.25) is 0 Å². The van der Waals surface area contributed by atoms with Crippen LogP contribution in [-0.4, -0.2) is 64.4 Å². The Hall–Kier alpha value is -3.63. The van der Waals surface area contributed by atoms with E-state index in [4.69, 9.17) is 0 Å². The minimum absolute atomic E-state index is 0.247. The summed E-state index contributed by atoms with van der Waals surface area (Å²) in [4.78, 5) is 27.7. The highest BCUT2D eigenvalue weighted by Crippen LogP contribution is 2.44. The van der Waals surface area contributed by atoms with Gasteiger partial charge in [0.2, 0.25) is 10.0 Å². The summed E-state index contributed by atoms with van der Waals surface area (Å²) in [6, 6.07) is 16.5. The second-order valence-electron chi connectivity index (χ2n) is 9.68. The second kappa shape index (κ2) is 8.19. The molecule has 1 fully saturated rings. The van der Waals surface area contributed by atoms with Crippen molar-refractivity contribution >= 4 is 64.9 Å². The summed E-state index contributed by atoms with van der Waals surface area (Å²) in [5.74, 6) is -0.808. The fourth-order valence-corrected chi connectivity index (χ4v) is 7.20. The topological polar surface area (TPSA) is 108 Å². The van der Waals surface area contributed by atoms with E-state index in [0.29, 0.717) is 35.0 Å². The van der Waals surface area contributed by atoms with E-state index in [2.05, 4.69) is 20.3 Å². The molecular formula is C28H24N4O4S. The number of hydrogen-bond acceptors (Lipinski definition) is 6. The molecule has 37 heavy (non-hydrogen) atoms. The highest BCUT2D eigenvalue weighted by molar-refractivity contribution is 7.89. The lowest BCUT2D eigenvalue weighted by atomic mass is 9.85. The highest BCUT2D eigenvalue weighted by Gasteiger charge is 2.28. The van der Waals surface area contributed by atoms with Crippen LogP contribution in [0.5, 0.6) is 0 Å². The normalized spacial score (nSPS) is 16.9. The van der Waals surface area contributed by atoms with Crippen molar-refractivity contribution in [2.45, 2.75) is 4.90 Å². The lowest BCUT2D eigenvalue weighted by molar-refractivity contribution is 0.0845. The molecule has 2 aliphatic rings. The van der Waals surface area contributed by atoms with Crippen molar-refractivity contribution in [3.05, 3.63) is 65.7 Å². The van der Waals surface area contributed by atoms with Gasteiger partial charge in [-0.2, -0.15) is 0 Å². The van der Waals surface area contributed by atoms with Crippen molar-refractivity contribution in [2.75, 3.05) is 39.3 Å². The van der Waals surface area contributed by atoms with Crippen molar-refractivity contribution < 1.29 is 18.0 Å². The monoisotopic (exact) mass is 512 g/mol. The van der Waals surface area contributed by atoms with Gasteiger partial charge in [0.05, 0.1) is 4.90 Å². The molecule has 3 N–H and O–H groups in total. The van der Waals surface area contributed by atoms with Gasteiger partial charge in [-0.1, -0.05) is 36.4 Å². The van der Waals surface area contributed by atoms with Gasteiger partial charge in [-0.25, -0.2) is 13.1 Å². The molecule has 0 aromatic heterocycles. The number of fused-ring (bicyclic) bond motifs is 2. The number of sulfonamides is 1. The van der Waals surface area contributed by atoms with Crippen LogP contribution in [0, 0.1) is 0 Å². The first kappa shape index (κ1) is 22.6. The third-order valence-electron chi connectivity index (χ3n) is 7.68. The number of benzene rings is 5. The molecule has 0 atom stereocenters. The molecule has 1 saturated heterocycles. The molecule has 5 aromatic rings. The zero-order chi connectivity index (χ0) is 25.3. The lowest BCUT2D eigenvalue weighted by Crippen LogP contribution is -2.46. The first-order chi connectivity index (χ1) is 17.9. The summed E-state index contributed by atoms with van der Waals surface area (Å²) >= 11 is 0. The van der Waals surface area contributed by atoms with Crippen LogP contribution in [0.3, 0.4) is 0 Å². The Bertz CT molecular complexity index is 1810. The summed E-state index contributed by atoms with van der Waals surface area (Å²) in [5, 5.41) is 12.3. The number of amides is 2. The van der Waals surface area contributed by atoms with Crippen molar-refractivity contribution in [3.8, 4) is 0 Å². The zero-order valence-electron chi connectivity index (χ0n) is 19.9. The Morgan fingerprint density at radius 3 is 2.03 bits per heavy atom. The van der Waals surface area contributed by atoms with Crippen molar-refractivity contribution in [2.24, 2.45) is 0 Å². The van der Waals surface area contributed by atoms with Gasteiger partial charge in [0.25, 0.3) is 11.8 Å². The van der Waals surface area contributed by atoms with Gasteiger partial charge in [-0.15, -0.1) is 0 Å². The number of hydrogen-bond donors (Lipinski definition) is 3. The number of rotatable bonds is 5. The number of carbonyl (C=O) groups is 2. The summed E-state index contributed by atoms with van der Waals surface area (Å²) in [5.41, 5.74) is 0.942. The molecule has 0 aliphatic carbocycles. The molecule has 186 valence electrons. The number of nitrogens with zero attached hydrogens (tertiary/aromatic N) is 1. The average molecular weight is 513 g/mol. The summed E-state index contributed by atoms with van der Waals surface area (Å²) in [6.45, 7) is 4.65. The van der Waals surface area contributed by atoms with Gasteiger partial charge in [-0.05, 0) is 50.5 Å². The largest absolute Gasteiger partial charge is 0.314 e. The van der Waals surface area contributed by atoms with E-state index in [0.717, 1.165) is 58.5 Å². The molecular weight excluding hydrogens is 488 g/mol. The maximum Gasteiger partial charge on any atom is 0.258 e. The maximum atomic E-state index is 13.4. The summed E-state index contributed by atoms with van der Waals surface area (Å²) in [6.07, 6.45) is 0. The van der Waals surface area contributed by atoms with Gasteiger partial charge in [-0.3, -0.25) is 19.8 Å². The maximum absolute atomic E-state index is 13.4. The Balaban J connectivity index is 1.41. The molecule has 8 nitrogen and oxygen atoms in total. The molecule has 7 rings (SSSR count). The van der Waals surface area contributed by atoms with Crippen LogP contribution in [-0.2, 0) is 10.0 Å². The number of carbonyl (C=O) groups excluding carboxylic acids is 2. The van der Waals surface area contributed by atoms with Crippen LogP contribution < -0.4 is 15.4 Å². The molecule has 9 heteroatoms. The van der Waals surface area contributed by atoms with Gasteiger partial charge in [0.1, 0.15) is 0 Å². The second-order valence-corrected chi connectivity index (χ2v) is 11.4. The smallest absolute Gasteiger partial charge is 0.258 e. The zero-order valence-corrected chi connectivity index (χ0v) is 20.7. The minimum atomic E-state index is -3.75. The molecule has 0 bridgehead atoms. The van der Waals surface area contributed by atoms with Crippen LogP contribution in [0.4, 0.5) is 0 Å². The number of nitrogens with one attached hydrogen (secondary N) is 3. The summed E-state index contributed by atoms with van der Waals surface area (Å²) in [7, 11) is -3.75. The quantitative estimate of drug-likeness (QED) is 0.190. The fourth-order valence-electron chi connectivity index (χ4n) is 5.97. The van der Waals surface area contributed by atoms with E-state index in [-0.39, 0.29) is 4.90 Å². The van der Waals surface area contributed by atoms with E-state index in [1.54, 1.807) is 18.2 Å². The Morgan fingerprint density at radius 2 is 1.32 bits per heavy atom. The van der Waals surface area contributed by atoms with E-state index >= 15 is 0 Å². The van der Waals surface area contributed by atoms with Gasteiger partial charge in [0.15, 0.2) is 0 Å². The number of piperazine rings is 1. The van der Waals surface area contributed by atoms with E-state index in [9.17, 15) is 18.0 Å². The van der Waals surface area contributed by atoms with Crippen LogP contribution in [0.15, 0.2) is 59.5 Å². The van der Waals surface area contributed by atoms with Crippen molar-refractivity contribution in [3.63, 3.8) is 0 Å². The Labute approximate surface area is 213 Å². The third-order valence-corrected chi connectivity index (χ3v) is 9.20. The van der Waals surface area contributed by atoms with Crippen molar-refractivity contribution in [1.29, 1.82) is 0 Å². The van der Waals surface area contributed by atoms with Crippen LogP contribution in [0.25, 0.3) is 43.1 Å². The van der Waals surface area contributed by atoms with Crippen molar-refractivity contribution in [1.82, 2.24) is 20.3 Å². The molecule has 0 unspecified atom stereocenters. The Morgan fingerprint density at radius 1 is 0.730 bits per heavy atom. The highest BCUT2D eigenvalue weighted by atomic mass is 32.2. The fraction of sp³-hybridized carbons (Fsp3) is 0.214. The third kappa shape index (κ3) is 3.35. The molecule has 2 heterocycles. The van der Waals surface area contributed by atoms with E-state index in [1.807, 2.05) is 36.4 Å². The SMILES string of the molecule is O=C1NC(=O)c2ccc3c4ccc(S(=O)(=O)NCCN5CCNCC5)c5cccc(c6ccc1c2c63)c54. The number of imide groups is 1. The van der Waals surface area contributed by atoms with Gasteiger partial charge >= 0.3 is 0 Å². The molecule has 2 aliphatic heterocycles. The van der Waals surface area contributed by atoms with Gasteiger partial charge < -0.3 is 5.32 Å². The Kier molecular flexibility index (Phi) is 4.99. The van der Waals surface area contributed by atoms with E-state index in [1.165, 1.54) is 0 Å². The minimum Gasteiger partial charge on any atom is -0.314 e. The van der Waals surface area contributed by atoms with Gasteiger partial charge in [0, 0.05) is 61.2 Å². The molecule has 0 spiro atoms. The average Bonchev–Trinajstić information content (AvgIpc) is 2.90. The van der Waals surface area contributed by atoms with Crippen LogP contribution >= 0.6 is 0 Å². The molecule has 0 saturated carbocycles.